The number of aromatic nitrogens is 2. The number of carbonyl (C=O) groups is 1. The number of carbonyl (C=O) groups excluding carboxylic acids is 1. The van der Waals surface area contributed by atoms with Gasteiger partial charge in [-0.25, -0.2) is 4.98 Å². The van der Waals surface area contributed by atoms with Crippen molar-refractivity contribution in [1.29, 1.82) is 0 Å². The first-order chi connectivity index (χ1) is 17.1. The summed E-state index contributed by atoms with van der Waals surface area (Å²) in [6.45, 7) is 5.81. The summed E-state index contributed by atoms with van der Waals surface area (Å²) in [5, 5.41) is 11.7. The monoisotopic (exact) mass is 507 g/mol. The Hall–Kier alpha value is -2.69. The number of ether oxygens (including phenoxy) is 1. The van der Waals surface area contributed by atoms with Crippen LogP contribution in [0.25, 0.3) is 31.9 Å². The van der Waals surface area contributed by atoms with Crippen molar-refractivity contribution in [3.8, 4) is 21.7 Å². The summed E-state index contributed by atoms with van der Waals surface area (Å²) in [7, 11) is 1.67. The van der Waals surface area contributed by atoms with Gasteiger partial charge in [-0.05, 0) is 54.8 Å². The van der Waals surface area contributed by atoms with E-state index in [-0.39, 0.29) is 5.91 Å². The predicted octanol–water partition coefficient (Wildman–Crippen LogP) is 4.61. The van der Waals surface area contributed by atoms with E-state index in [0.29, 0.717) is 19.6 Å². The fourth-order valence-corrected chi connectivity index (χ4v) is 6.59. The highest BCUT2D eigenvalue weighted by atomic mass is 32.1. The topological polar surface area (TPSA) is 88.2 Å². The van der Waals surface area contributed by atoms with E-state index in [1.165, 1.54) is 10.4 Å². The average molecular weight is 508 g/mol. The van der Waals surface area contributed by atoms with Crippen LogP contribution in [-0.4, -0.2) is 49.2 Å². The molecular weight excluding hydrogens is 478 g/mol. The molecule has 1 aliphatic heterocycles. The number of aryl methyl sites for hydroxylation is 1. The Kier molecular flexibility index (Phi) is 7.50. The van der Waals surface area contributed by atoms with E-state index in [2.05, 4.69) is 52.1 Å². The molecule has 1 amide bonds. The van der Waals surface area contributed by atoms with Gasteiger partial charge in [0.2, 0.25) is 5.91 Å². The summed E-state index contributed by atoms with van der Waals surface area (Å²) in [6, 6.07) is 8.54. The number of hydrogen-bond donors (Lipinski definition) is 3. The molecule has 7 nitrogen and oxygen atoms in total. The van der Waals surface area contributed by atoms with Crippen LogP contribution in [0.2, 0.25) is 0 Å². The maximum absolute atomic E-state index is 12.7. The molecule has 4 aromatic rings. The number of thiazole rings is 1. The second kappa shape index (κ2) is 10.9. The van der Waals surface area contributed by atoms with Crippen LogP contribution < -0.4 is 16.0 Å². The quantitative estimate of drug-likeness (QED) is 0.287. The smallest absolute Gasteiger partial charge is 0.226 e. The predicted molar refractivity (Wildman–Crippen MR) is 144 cm³/mol. The zero-order valence-electron chi connectivity index (χ0n) is 19.9. The van der Waals surface area contributed by atoms with E-state index in [1.807, 2.05) is 12.4 Å². The third-order valence-corrected chi connectivity index (χ3v) is 8.20. The van der Waals surface area contributed by atoms with Crippen molar-refractivity contribution in [3.05, 3.63) is 52.7 Å². The fourth-order valence-electron chi connectivity index (χ4n) is 4.27. The second-order valence-corrected chi connectivity index (χ2v) is 10.8. The number of benzene rings is 1. The van der Waals surface area contributed by atoms with Crippen LogP contribution >= 0.6 is 22.7 Å². The number of nitrogens with zero attached hydrogens (tertiary/aromatic N) is 2. The van der Waals surface area contributed by atoms with Gasteiger partial charge in [0.25, 0.3) is 0 Å². The summed E-state index contributed by atoms with van der Waals surface area (Å²) in [4.78, 5) is 23.4. The number of pyridine rings is 1. The van der Waals surface area contributed by atoms with Crippen LogP contribution in [0.3, 0.4) is 0 Å². The lowest BCUT2D eigenvalue weighted by Gasteiger charge is -2.13. The first-order valence-corrected chi connectivity index (χ1v) is 13.4. The van der Waals surface area contributed by atoms with Crippen molar-refractivity contribution in [2.45, 2.75) is 26.3 Å². The highest BCUT2D eigenvalue weighted by Gasteiger charge is 2.25. The van der Waals surface area contributed by atoms with Gasteiger partial charge in [-0.3, -0.25) is 9.78 Å². The summed E-state index contributed by atoms with van der Waals surface area (Å²) < 4.78 is 6.18. The number of hydrogen-bond acceptors (Lipinski definition) is 8. The molecule has 3 aromatic heterocycles. The molecule has 0 spiro atoms. The molecule has 9 heteroatoms. The largest absolute Gasteiger partial charge is 0.383 e. The van der Waals surface area contributed by atoms with Gasteiger partial charge in [0.1, 0.15) is 10.0 Å². The van der Waals surface area contributed by atoms with Crippen LogP contribution in [0.15, 0.2) is 36.7 Å². The van der Waals surface area contributed by atoms with Crippen molar-refractivity contribution in [3.63, 3.8) is 0 Å². The molecule has 35 heavy (non-hydrogen) atoms. The Morgan fingerprint density at radius 2 is 2.09 bits per heavy atom. The Morgan fingerprint density at radius 1 is 1.17 bits per heavy atom. The standard InChI is InChI=1S/C26H29N5O2S2/c1-16-11-18(14-29-13-16)17-3-4-21-20(12-17)30-25(34-21)24-19-5-7-28-15-22(19)35-26(24)31-23(32)6-8-27-9-10-33-2/h3-4,11-14,27-28H,5-10,15H2,1-2H3,(H,31,32). The first kappa shape index (κ1) is 24.0. The summed E-state index contributed by atoms with van der Waals surface area (Å²) in [5.41, 5.74) is 6.70. The summed E-state index contributed by atoms with van der Waals surface area (Å²) >= 11 is 3.35. The van der Waals surface area contributed by atoms with Gasteiger partial charge in [0, 0.05) is 61.6 Å². The third kappa shape index (κ3) is 5.44. The van der Waals surface area contributed by atoms with Gasteiger partial charge < -0.3 is 20.7 Å². The van der Waals surface area contributed by atoms with Crippen LogP contribution in [0.4, 0.5) is 5.00 Å². The van der Waals surface area contributed by atoms with Crippen LogP contribution in [-0.2, 0) is 22.5 Å². The molecule has 5 rings (SSSR count). The highest BCUT2D eigenvalue weighted by Crippen LogP contribution is 2.45. The number of nitrogens with one attached hydrogen (secondary N) is 3. The number of methoxy groups -OCH3 is 1. The van der Waals surface area contributed by atoms with Crippen molar-refractivity contribution in [1.82, 2.24) is 20.6 Å². The van der Waals surface area contributed by atoms with Crippen molar-refractivity contribution < 1.29 is 9.53 Å². The fraction of sp³-hybridized carbons (Fsp3) is 0.346. The molecule has 0 saturated carbocycles. The zero-order chi connectivity index (χ0) is 24.2. The summed E-state index contributed by atoms with van der Waals surface area (Å²) in [5.74, 6) is 0.0121. The Balaban J connectivity index is 1.43. The van der Waals surface area contributed by atoms with Gasteiger partial charge in [-0.1, -0.05) is 6.07 Å². The summed E-state index contributed by atoms with van der Waals surface area (Å²) in [6.07, 6.45) is 5.11. The van der Waals surface area contributed by atoms with E-state index in [9.17, 15) is 4.79 Å². The minimum absolute atomic E-state index is 0.0121. The Labute approximate surface area is 213 Å². The lowest BCUT2D eigenvalue weighted by Crippen LogP contribution is -2.24. The van der Waals surface area contributed by atoms with Crippen molar-refractivity contribution in [2.75, 3.05) is 38.7 Å². The molecule has 182 valence electrons. The van der Waals surface area contributed by atoms with Gasteiger partial charge in [0.05, 0.1) is 16.8 Å². The number of anilines is 1. The molecule has 1 aliphatic rings. The second-order valence-electron chi connectivity index (χ2n) is 8.63. The lowest BCUT2D eigenvalue weighted by atomic mass is 10.0. The Morgan fingerprint density at radius 3 is 2.94 bits per heavy atom. The van der Waals surface area contributed by atoms with Crippen molar-refractivity contribution in [2.24, 2.45) is 0 Å². The average Bonchev–Trinajstić information content (AvgIpc) is 3.43. The minimum Gasteiger partial charge on any atom is -0.383 e. The molecule has 0 radical (unpaired) electrons. The van der Waals surface area contributed by atoms with Gasteiger partial charge >= 0.3 is 0 Å². The molecule has 0 aliphatic carbocycles. The van der Waals surface area contributed by atoms with Crippen LogP contribution in [0.5, 0.6) is 0 Å². The molecule has 0 atom stereocenters. The number of thiophene rings is 1. The maximum atomic E-state index is 12.7. The molecule has 4 heterocycles. The molecule has 1 aromatic carbocycles. The number of fused-ring (bicyclic) bond motifs is 2. The van der Waals surface area contributed by atoms with Crippen LogP contribution in [0, 0.1) is 6.92 Å². The molecule has 3 N–H and O–H groups in total. The van der Waals surface area contributed by atoms with E-state index in [1.54, 1.807) is 29.8 Å². The van der Waals surface area contributed by atoms with Gasteiger partial charge in [-0.2, -0.15) is 0 Å². The molecular formula is C26H29N5O2S2. The molecule has 0 bridgehead atoms. The van der Waals surface area contributed by atoms with E-state index in [4.69, 9.17) is 9.72 Å². The highest BCUT2D eigenvalue weighted by molar-refractivity contribution is 7.23. The maximum Gasteiger partial charge on any atom is 0.226 e. The normalized spacial score (nSPS) is 13.2. The van der Waals surface area contributed by atoms with E-state index in [0.717, 1.165) is 68.5 Å². The molecule has 0 saturated heterocycles. The van der Waals surface area contributed by atoms with Crippen molar-refractivity contribution >= 4 is 43.8 Å². The van der Waals surface area contributed by atoms with Crippen LogP contribution in [0.1, 0.15) is 22.4 Å². The third-order valence-electron chi connectivity index (χ3n) is 6.00. The van der Waals surface area contributed by atoms with Gasteiger partial charge in [-0.15, -0.1) is 22.7 Å². The SMILES string of the molecule is COCCNCCC(=O)Nc1sc2c(c1-c1nc3cc(-c4cncc(C)c4)ccc3s1)CCNC2. The first-order valence-electron chi connectivity index (χ1n) is 11.8. The number of amides is 1. The number of rotatable bonds is 9. The Bertz CT molecular complexity index is 1350. The van der Waals surface area contributed by atoms with Gasteiger partial charge in [0.15, 0.2) is 0 Å². The molecule has 0 unspecified atom stereocenters. The van der Waals surface area contributed by atoms with E-state index < -0.39 is 0 Å². The lowest BCUT2D eigenvalue weighted by molar-refractivity contribution is -0.116. The zero-order valence-corrected chi connectivity index (χ0v) is 21.6. The van der Waals surface area contributed by atoms with E-state index >= 15 is 0 Å². The minimum atomic E-state index is 0.0121. The molecule has 0 fully saturated rings.